The average molecular weight is 242 g/mol. The van der Waals surface area contributed by atoms with E-state index in [1.807, 2.05) is 6.20 Å². The monoisotopic (exact) mass is 240 g/mol. The molecule has 0 aliphatic carbocycles. The van der Waals surface area contributed by atoms with E-state index in [4.69, 9.17) is 0 Å². The van der Waals surface area contributed by atoms with Gasteiger partial charge in [0.1, 0.15) is 5.08 Å². The minimum absolute atomic E-state index is 0.226. The Kier molecular flexibility index (Phi) is 2.34. The van der Waals surface area contributed by atoms with Crippen LogP contribution in [0.15, 0.2) is 10.7 Å². The molecule has 0 fully saturated rings. The summed E-state index contributed by atoms with van der Waals surface area (Å²) in [5, 5.41) is 6.38. The highest BCUT2D eigenvalue weighted by Crippen LogP contribution is 2.06. The lowest BCUT2D eigenvalue weighted by atomic mass is 10.5. The van der Waals surface area contributed by atoms with Crippen molar-refractivity contribution in [2.45, 2.75) is 5.08 Å². The summed E-state index contributed by atoms with van der Waals surface area (Å²) in [6, 6.07) is 0. The van der Waals surface area contributed by atoms with Gasteiger partial charge in [0.2, 0.25) is 0 Å². The van der Waals surface area contributed by atoms with E-state index in [2.05, 4.69) is 42.5 Å². The smallest absolute Gasteiger partial charge is 0.134 e. The van der Waals surface area contributed by atoms with Crippen molar-refractivity contribution >= 4 is 31.9 Å². The van der Waals surface area contributed by atoms with E-state index in [1.54, 1.807) is 0 Å². The van der Waals surface area contributed by atoms with Crippen molar-refractivity contribution in [3.8, 4) is 0 Å². The van der Waals surface area contributed by atoms with Crippen molar-refractivity contribution in [2.75, 3.05) is 6.54 Å². The van der Waals surface area contributed by atoms with E-state index >= 15 is 0 Å². The van der Waals surface area contributed by atoms with Gasteiger partial charge in [0.05, 0.1) is 0 Å². The third-order valence-corrected chi connectivity index (χ3v) is 1.93. The fourth-order valence-electron chi connectivity index (χ4n) is 0.461. The number of halogens is 2. The van der Waals surface area contributed by atoms with Gasteiger partial charge < -0.3 is 5.32 Å². The van der Waals surface area contributed by atoms with Crippen LogP contribution in [0.4, 0.5) is 0 Å². The molecule has 0 radical (unpaired) electrons. The molecule has 0 aromatic rings. The lowest BCUT2D eigenvalue weighted by Crippen LogP contribution is -2.38. The molecule has 2 nitrogen and oxygen atoms in total. The fourth-order valence-corrected chi connectivity index (χ4v) is 1.05. The van der Waals surface area contributed by atoms with Crippen molar-refractivity contribution in [1.29, 1.82) is 0 Å². The van der Waals surface area contributed by atoms with Crippen molar-refractivity contribution in [3.63, 3.8) is 0 Å². The molecular formula is C4H6Br2N2. The van der Waals surface area contributed by atoms with Gasteiger partial charge in [0.25, 0.3) is 0 Å². The molecule has 0 spiro atoms. The Morgan fingerprint density at radius 2 is 2.50 bits per heavy atom. The maximum atomic E-state index is 3.33. The van der Waals surface area contributed by atoms with Gasteiger partial charge >= 0.3 is 0 Å². The summed E-state index contributed by atoms with van der Waals surface area (Å²) in [4.78, 5) is 0. The topological polar surface area (TPSA) is 24.1 Å². The zero-order valence-electron chi connectivity index (χ0n) is 4.12. The van der Waals surface area contributed by atoms with Crippen LogP contribution in [0.25, 0.3) is 0 Å². The molecule has 2 N–H and O–H groups in total. The van der Waals surface area contributed by atoms with E-state index in [0.29, 0.717) is 0 Å². The number of nitrogens with one attached hydrogen (secondary N) is 2. The maximum Gasteiger partial charge on any atom is 0.134 e. The Labute approximate surface area is 65.0 Å². The summed E-state index contributed by atoms with van der Waals surface area (Å²) in [5.41, 5.74) is 0. The summed E-state index contributed by atoms with van der Waals surface area (Å²) >= 11 is 6.66. The first-order chi connectivity index (χ1) is 3.79. The van der Waals surface area contributed by atoms with Crippen LogP contribution in [-0.2, 0) is 0 Å². The second-order valence-electron chi connectivity index (χ2n) is 1.50. The summed E-state index contributed by atoms with van der Waals surface area (Å²) in [7, 11) is 0. The quantitative estimate of drug-likeness (QED) is 0.490. The highest BCUT2D eigenvalue weighted by Gasteiger charge is 2.04. The van der Waals surface area contributed by atoms with Crippen molar-refractivity contribution < 1.29 is 0 Å². The van der Waals surface area contributed by atoms with Gasteiger partial charge in [-0.1, -0.05) is 15.9 Å². The molecule has 1 aliphatic heterocycles. The second-order valence-corrected chi connectivity index (χ2v) is 3.44. The van der Waals surface area contributed by atoms with E-state index in [-0.39, 0.29) is 5.08 Å². The molecule has 0 bridgehead atoms. The van der Waals surface area contributed by atoms with Gasteiger partial charge in [0, 0.05) is 17.2 Å². The van der Waals surface area contributed by atoms with Gasteiger partial charge in [-0.3, -0.25) is 5.32 Å². The summed E-state index contributed by atoms with van der Waals surface area (Å²) in [6.45, 7) is 0.892. The second kappa shape index (κ2) is 2.85. The molecule has 0 aromatic carbocycles. The SMILES string of the molecule is BrC1=CNC(Br)NC1. The Morgan fingerprint density at radius 3 is 2.88 bits per heavy atom. The summed E-state index contributed by atoms with van der Waals surface area (Å²) in [5.74, 6) is 0. The largest absolute Gasteiger partial charge is 0.366 e. The molecule has 0 amide bonds. The van der Waals surface area contributed by atoms with E-state index in [9.17, 15) is 0 Å². The van der Waals surface area contributed by atoms with Gasteiger partial charge in [-0.15, -0.1) is 0 Å². The van der Waals surface area contributed by atoms with Gasteiger partial charge in [0.15, 0.2) is 0 Å². The Hall–Kier alpha value is 0.460. The highest BCUT2D eigenvalue weighted by molar-refractivity contribution is 9.11. The van der Waals surface area contributed by atoms with E-state index < -0.39 is 0 Å². The molecule has 1 unspecified atom stereocenters. The van der Waals surface area contributed by atoms with Gasteiger partial charge in [-0.25, -0.2) is 0 Å². The normalized spacial score (nSPS) is 28.8. The highest BCUT2D eigenvalue weighted by atomic mass is 79.9. The molecule has 0 saturated heterocycles. The molecule has 0 saturated carbocycles. The van der Waals surface area contributed by atoms with Crippen LogP contribution in [0.3, 0.4) is 0 Å². The fraction of sp³-hybridized carbons (Fsp3) is 0.500. The Balaban J connectivity index is 2.42. The maximum absolute atomic E-state index is 3.33. The molecule has 1 atom stereocenters. The van der Waals surface area contributed by atoms with Crippen LogP contribution in [0, 0.1) is 0 Å². The van der Waals surface area contributed by atoms with Crippen molar-refractivity contribution in [3.05, 3.63) is 10.7 Å². The molecule has 46 valence electrons. The third-order valence-electron chi connectivity index (χ3n) is 0.836. The van der Waals surface area contributed by atoms with Gasteiger partial charge in [-0.2, -0.15) is 0 Å². The minimum Gasteiger partial charge on any atom is -0.366 e. The van der Waals surface area contributed by atoms with Crippen molar-refractivity contribution in [2.24, 2.45) is 0 Å². The number of hydrogen-bond donors (Lipinski definition) is 2. The zero-order valence-corrected chi connectivity index (χ0v) is 7.29. The van der Waals surface area contributed by atoms with Crippen LogP contribution >= 0.6 is 31.9 Å². The first-order valence-corrected chi connectivity index (χ1v) is 3.98. The van der Waals surface area contributed by atoms with Crippen molar-refractivity contribution in [1.82, 2.24) is 10.6 Å². The predicted molar refractivity (Wildman–Crippen MR) is 40.9 cm³/mol. The van der Waals surface area contributed by atoms with Crippen LogP contribution < -0.4 is 10.6 Å². The van der Waals surface area contributed by atoms with Crippen LogP contribution in [0.1, 0.15) is 0 Å². The molecule has 4 heteroatoms. The predicted octanol–water partition coefficient (Wildman–Crippen LogP) is 1.09. The molecular weight excluding hydrogens is 236 g/mol. The lowest BCUT2D eigenvalue weighted by Gasteiger charge is -2.17. The number of rotatable bonds is 0. The minimum atomic E-state index is 0.226. The lowest BCUT2D eigenvalue weighted by molar-refractivity contribution is 0.628. The third kappa shape index (κ3) is 1.76. The van der Waals surface area contributed by atoms with E-state index in [1.165, 1.54) is 0 Å². The summed E-state index contributed by atoms with van der Waals surface area (Å²) < 4.78 is 1.15. The number of alkyl halides is 1. The Morgan fingerprint density at radius 1 is 1.75 bits per heavy atom. The molecule has 0 aromatic heterocycles. The average Bonchev–Trinajstić information content (AvgIpc) is 1.77. The van der Waals surface area contributed by atoms with E-state index in [0.717, 1.165) is 11.0 Å². The van der Waals surface area contributed by atoms with Crippen LogP contribution in [0.2, 0.25) is 0 Å². The Bertz CT molecular complexity index is 113. The first-order valence-electron chi connectivity index (χ1n) is 2.27. The molecule has 1 rings (SSSR count). The molecule has 1 heterocycles. The van der Waals surface area contributed by atoms with Gasteiger partial charge in [-0.05, 0) is 15.9 Å². The number of hydrogen-bond acceptors (Lipinski definition) is 2. The molecule has 1 aliphatic rings. The molecule has 8 heavy (non-hydrogen) atoms. The summed E-state index contributed by atoms with van der Waals surface area (Å²) in [6.07, 6.45) is 1.93. The van der Waals surface area contributed by atoms with Crippen LogP contribution in [-0.4, -0.2) is 11.6 Å². The standard InChI is InChI=1S/C4H6Br2N2/c5-3-1-7-4(6)8-2-3/h1,4,7-8H,2H2. The zero-order chi connectivity index (χ0) is 5.98. The first kappa shape index (κ1) is 6.58. The van der Waals surface area contributed by atoms with Crippen LogP contribution in [0.5, 0.6) is 0 Å².